The summed E-state index contributed by atoms with van der Waals surface area (Å²) < 4.78 is 10.4. The summed E-state index contributed by atoms with van der Waals surface area (Å²) in [7, 11) is 1.67. The van der Waals surface area contributed by atoms with Crippen molar-refractivity contribution in [3.05, 3.63) is 83.9 Å². The molecule has 0 spiro atoms. The topological polar surface area (TPSA) is 100 Å². The summed E-state index contributed by atoms with van der Waals surface area (Å²) in [6.45, 7) is 5.33. The number of anilines is 3. The Morgan fingerprint density at radius 1 is 0.825 bits per heavy atom. The maximum Gasteiger partial charge on any atom is 0.306 e. The number of benzene rings is 3. The van der Waals surface area contributed by atoms with Gasteiger partial charge < -0.3 is 29.9 Å². The number of amides is 2. The number of piperazine rings is 1. The number of hydrogen-bond acceptors (Lipinski definition) is 7. The molecule has 2 amide bonds. The Morgan fingerprint density at radius 2 is 1.50 bits per heavy atom. The molecular formula is C31H36N4O5. The summed E-state index contributed by atoms with van der Waals surface area (Å²) >= 11 is 0. The highest BCUT2D eigenvalue weighted by Crippen LogP contribution is 2.31. The van der Waals surface area contributed by atoms with E-state index in [1.807, 2.05) is 54.6 Å². The Labute approximate surface area is 235 Å². The second-order valence-corrected chi connectivity index (χ2v) is 9.40. The van der Waals surface area contributed by atoms with Crippen molar-refractivity contribution < 1.29 is 23.9 Å². The van der Waals surface area contributed by atoms with E-state index in [0.717, 1.165) is 35.8 Å². The average molecular weight is 545 g/mol. The summed E-state index contributed by atoms with van der Waals surface area (Å²) in [5.74, 6) is -0.128. The minimum absolute atomic E-state index is 0.00102. The van der Waals surface area contributed by atoms with Crippen LogP contribution in [0.4, 0.5) is 17.1 Å². The van der Waals surface area contributed by atoms with Crippen LogP contribution in [0.3, 0.4) is 0 Å². The highest BCUT2D eigenvalue weighted by molar-refractivity contribution is 6.02. The molecular weight excluding hydrogens is 508 g/mol. The van der Waals surface area contributed by atoms with Crippen LogP contribution in [0, 0.1) is 0 Å². The lowest BCUT2D eigenvalue weighted by Crippen LogP contribution is -2.47. The molecule has 0 unspecified atom stereocenters. The Bertz CT molecular complexity index is 1310. The third kappa shape index (κ3) is 7.53. The van der Waals surface area contributed by atoms with Crippen molar-refractivity contribution in [1.29, 1.82) is 0 Å². The molecule has 0 radical (unpaired) electrons. The average Bonchev–Trinajstić information content (AvgIpc) is 2.99. The third-order valence-corrected chi connectivity index (χ3v) is 6.73. The van der Waals surface area contributed by atoms with Crippen LogP contribution in [-0.2, 0) is 20.9 Å². The first-order valence-corrected chi connectivity index (χ1v) is 13.5. The van der Waals surface area contributed by atoms with E-state index in [2.05, 4.69) is 26.5 Å². The predicted octanol–water partition coefficient (Wildman–Crippen LogP) is 4.23. The molecule has 1 heterocycles. The third-order valence-electron chi connectivity index (χ3n) is 6.73. The number of carbonyl (C=O) groups is 3. The molecule has 0 aliphatic carbocycles. The Hall–Kier alpha value is -4.53. The van der Waals surface area contributed by atoms with Crippen molar-refractivity contribution in [1.82, 2.24) is 5.32 Å². The van der Waals surface area contributed by atoms with Gasteiger partial charge in [-0.05, 0) is 42.8 Å². The first-order chi connectivity index (χ1) is 19.5. The van der Waals surface area contributed by atoms with Gasteiger partial charge in [0.25, 0.3) is 5.91 Å². The molecule has 0 bridgehead atoms. The SMILES string of the molecule is CCOC(=O)CCC(=O)Nc1ccc(N2CCN(c3ccccc3OC)CC2)c(C(=O)NCc2ccccc2)c1. The van der Waals surface area contributed by atoms with E-state index in [9.17, 15) is 14.4 Å². The van der Waals surface area contributed by atoms with Crippen molar-refractivity contribution in [2.24, 2.45) is 0 Å². The minimum atomic E-state index is -0.416. The zero-order chi connectivity index (χ0) is 28.3. The highest BCUT2D eigenvalue weighted by atomic mass is 16.5. The van der Waals surface area contributed by atoms with E-state index < -0.39 is 5.97 Å². The Kier molecular flexibility index (Phi) is 9.99. The summed E-state index contributed by atoms with van der Waals surface area (Å²) in [4.78, 5) is 42.0. The minimum Gasteiger partial charge on any atom is -0.495 e. The van der Waals surface area contributed by atoms with E-state index in [0.29, 0.717) is 30.9 Å². The van der Waals surface area contributed by atoms with Gasteiger partial charge in [0.2, 0.25) is 5.91 Å². The van der Waals surface area contributed by atoms with Crippen molar-refractivity contribution >= 4 is 34.8 Å². The molecule has 210 valence electrons. The van der Waals surface area contributed by atoms with E-state index >= 15 is 0 Å². The number of nitrogens with zero attached hydrogens (tertiary/aromatic N) is 2. The van der Waals surface area contributed by atoms with E-state index in [1.54, 1.807) is 26.2 Å². The molecule has 0 atom stereocenters. The largest absolute Gasteiger partial charge is 0.495 e. The number of carbonyl (C=O) groups excluding carboxylic acids is 3. The molecule has 40 heavy (non-hydrogen) atoms. The summed E-state index contributed by atoms with van der Waals surface area (Å²) in [6, 6.07) is 23.0. The summed E-state index contributed by atoms with van der Waals surface area (Å²) in [6.07, 6.45) is -0.000314. The van der Waals surface area contributed by atoms with Gasteiger partial charge in [-0.3, -0.25) is 14.4 Å². The molecule has 9 heteroatoms. The molecule has 9 nitrogen and oxygen atoms in total. The van der Waals surface area contributed by atoms with E-state index in [-0.39, 0.29) is 31.3 Å². The van der Waals surface area contributed by atoms with Gasteiger partial charge >= 0.3 is 5.97 Å². The fourth-order valence-electron chi connectivity index (χ4n) is 4.70. The molecule has 3 aromatic rings. The number of nitrogens with one attached hydrogen (secondary N) is 2. The number of ether oxygens (including phenoxy) is 2. The normalized spacial score (nSPS) is 12.9. The zero-order valence-corrected chi connectivity index (χ0v) is 23.0. The second kappa shape index (κ2) is 14.0. The molecule has 3 aromatic carbocycles. The van der Waals surface area contributed by atoms with Crippen molar-refractivity contribution in [2.75, 3.05) is 55.0 Å². The van der Waals surface area contributed by atoms with Crippen LogP contribution in [0.5, 0.6) is 5.75 Å². The second-order valence-electron chi connectivity index (χ2n) is 9.40. The van der Waals surface area contributed by atoms with Crippen molar-refractivity contribution in [3.63, 3.8) is 0 Å². The molecule has 1 aliphatic heterocycles. The van der Waals surface area contributed by atoms with Gasteiger partial charge in [-0.2, -0.15) is 0 Å². The Balaban J connectivity index is 1.49. The van der Waals surface area contributed by atoms with Crippen LogP contribution in [0.15, 0.2) is 72.8 Å². The summed E-state index contributed by atoms with van der Waals surface area (Å²) in [5.41, 5.74) is 3.81. The van der Waals surface area contributed by atoms with Crippen molar-refractivity contribution in [2.45, 2.75) is 26.3 Å². The fraction of sp³-hybridized carbons (Fsp3) is 0.323. The van der Waals surface area contributed by atoms with Gasteiger partial charge in [-0.15, -0.1) is 0 Å². The first kappa shape index (κ1) is 28.5. The van der Waals surface area contributed by atoms with Gasteiger partial charge in [-0.1, -0.05) is 42.5 Å². The van der Waals surface area contributed by atoms with Crippen LogP contribution in [0.1, 0.15) is 35.7 Å². The van der Waals surface area contributed by atoms with Gasteiger partial charge in [-0.25, -0.2) is 0 Å². The number of hydrogen-bond donors (Lipinski definition) is 2. The van der Waals surface area contributed by atoms with Gasteiger partial charge in [0.05, 0.1) is 31.4 Å². The predicted molar refractivity (Wildman–Crippen MR) is 156 cm³/mol. The standard InChI is InChI=1S/C31H36N4O5/c1-3-40-30(37)16-15-29(36)33-24-13-14-26(25(21-24)31(38)32-22-23-9-5-4-6-10-23)34-17-19-35(20-18-34)27-11-7-8-12-28(27)39-2/h4-14,21H,3,15-20,22H2,1-2H3,(H,32,38)(H,33,36). The number of rotatable bonds is 11. The van der Waals surface area contributed by atoms with E-state index in [1.165, 1.54) is 0 Å². The lowest BCUT2D eigenvalue weighted by Gasteiger charge is -2.38. The fourth-order valence-corrected chi connectivity index (χ4v) is 4.70. The van der Waals surface area contributed by atoms with Crippen LogP contribution < -0.4 is 25.2 Å². The monoisotopic (exact) mass is 544 g/mol. The lowest BCUT2D eigenvalue weighted by atomic mass is 10.1. The zero-order valence-electron chi connectivity index (χ0n) is 23.0. The van der Waals surface area contributed by atoms with Gasteiger partial charge in [0, 0.05) is 50.5 Å². The number of esters is 1. The smallest absolute Gasteiger partial charge is 0.306 e. The van der Waals surface area contributed by atoms with Crippen molar-refractivity contribution in [3.8, 4) is 5.75 Å². The maximum atomic E-state index is 13.4. The van der Waals surface area contributed by atoms with Gasteiger partial charge in [0.15, 0.2) is 0 Å². The molecule has 4 rings (SSSR count). The number of para-hydroxylation sites is 2. The first-order valence-electron chi connectivity index (χ1n) is 13.5. The molecule has 1 saturated heterocycles. The van der Waals surface area contributed by atoms with Crippen LogP contribution in [0.2, 0.25) is 0 Å². The molecule has 2 N–H and O–H groups in total. The Morgan fingerprint density at radius 3 is 2.20 bits per heavy atom. The summed E-state index contributed by atoms with van der Waals surface area (Å²) in [5, 5.41) is 5.83. The molecule has 0 saturated carbocycles. The lowest BCUT2D eigenvalue weighted by molar-refractivity contribution is -0.144. The van der Waals surface area contributed by atoms with Crippen LogP contribution in [-0.4, -0.2) is 57.7 Å². The highest BCUT2D eigenvalue weighted by Gasteiger charge is 2.24. The van der Waals surface area contributed by atoms with Crippen LogP contribution >= 0.6 is 0 Å². The molecule has 1 fully saturated rings. The quantitative estimate of drug-likeness (QED) is 0.349. The molecule has 1 aliphatic rings. The van der Waals surface area contributed by atoms with E-state index in [4.69, 9.17) is 9.47 Å². The maximum absolute atomic E-state index is 13.4. The van der Waals surface area contributed by atoms with Crippen LogP contribution in [0.25, 0.3) is 0 Å². The van der Waals surface area contributed by atoms with Gasteiger partial charge in [0.1, 0.15) is 5.75 Å². The number of methoxy groups -OCH3 is 1. The molecule has 0 aromatic heterocycles.